The van der Waals surface area contributed by atoms with E-state index in [4.69, 9.17) is 9.47 Å². The Balaban J connectivity index is 2.39. The van der Waals surface area contributed by atoms with E-state index >= 15 is 0 Å². The third-order valence-electron chi connectivity index (χ3n) is 2.38. The molecular formula is C10H11FINO2. The standard InChI is InChI=1S/C10H11FINO2/c1-10(14-5-2-6-15-10)7-3-4-13-9(11)8(7)12/h3-4H,2,5-6H2,1H3. The Bertz CT molecular complexity index is 366. The maximum atomic E-state index is 13.3. The summed E-state index contributed by atoms with van der Waals surface area (Å²) in [7, 11) is 0. The molecule has 1 aromatic rings. The Morgan fingerprint density at radius 2 is 2.13 bits per heavy atom. The number of halogens is 2. The minimum atomic E-state index is -0.835. The third-order valence-corrected chi connectivity index (χ3v) is 3.41. The first-order valence-electron chi connectivity index (χ1n) is 4.72. The molecule has 1 aromatic heterocycles. The molecule has 15 heavy (non-hydrogen) atoms. The lowest BCUT2D eigenvalue weighted by Gasteiger charge is -2.34. The molecule has 5 heteroatoms. The topological polar surface area (TPSA) is 31.4 Å². The van der Waals surface area contributed by atoms with Gasteiger partial charge in [-0.25, -0.2) is 4.98 Å². The summed E-state index contributed by atoms with van der Waals surface area (Å²) in [6.07, 6.45) is 2.30. The van der Waals surface area contributed by atoms with E-state index in [1.165, 1.54) is 6.20 Å². The van der Waals surface area contributed by atoms with Crippen molar-refractivity contribution >= 4 is 22.6 Å². The van der Waals surface area contributed by atoms with Gasteiger partial charge < -0.3 is 9.47 Å². The molecule has 3 nitrogen and oxygen atoms in total. The number of rotatable bonds is 1. The van der Waals surface area contributed by atoms with Gasteiger partial charge in [0.2, 0.25) is 5.95 Å². The molecule has 0 amide bonds. The van der Waals surface area contributed by atoms with E-state index in [0.717, 1.165) is 6.42 Å². The average molecular weight is 323 g/mol. The molecule has 0 N–H and O–H groups in total. The molecule has 0 radical (unpaired) electrons. The van der Waals surface area contributed by atoms with Crippen molar-refractivity contribution in [1.82, 2.24) is 4.98 Å². The van der Waals surface area contributed by atoms with Gasteiger partial charge in [-0.2, -0.15) is 4.39 Å². The lowest BCUT2D eigenvalue weighted by atomic mass is 10.1. The highest BCUT2D eigenvalue weighted by Crippen LogP contribution is 2.33. The Morgan fingerprint density at radius 1 is 1.47 bits per heavy atom. The van der Waals surface area contributed by atoms with E-state index in [0.29, 0.717) is 22.3 Å². The van der Waals surface area contributed by atoms with Crippen LogP contribution < -0.4 is 0 Å². The fourth-order valence-corrected chi connectivity index (χ4v) is 2.37. The molecule has 0 bridgehead atoms. The van der Waals surface area contributed by atoms with Gasteiger partial charge in [0.15, 0.2) is 5.79 Å². The summed E-state index contributed by atoms with van der Waals surface area (Å²) >= 11 is 1.92. The third kappa shape index (κ3) is 2.14. The van der Waals surface area contributed by atoms with Gasteiger partial charge in [-0.3, -0.25) is 0 Å². The minimum absolute atomic E-state index is 0.458. The smallest absolute Gasteiger partial charge is 0.226 e. The average Bonchev–Trinajstić information content (AvgIpc) is 2.23. The fraction of sp³-hybridized carbons (Fsp3) is 0.500. The van der Waals surface area contributed by atoms with Crippen LogP contribution in [0.5, 0.6) is 0 Å². The number of hydrogen-bond acceptors (Lipinski definition) is 3. The van der Waals surface area contributed by atoms with Crippen LogP contribution in [0, 0.1) is 9.52 Å². The number of pyridine rings is 1. The number of ether oxygens (including phenoxy) is 2. The minimum Gasteiger partial charge on any atom is -0.346 e. The van der Waals surface area contributed by atoms with Crippen molar-refractivity contribution in [3.8, 4) is 0 Å². The molecule has 1 fully saturated rings. The fourth-order valence-electron chi connectivity index (χ4n) is 1.56. The normalized spacial score (nSPS) is 20.2. The van der Waals surface area contributed by atoms with Crippen molar-refractivity contribution in [1.29, 1.82) is 0 Å². The van der Waals surface area contributed by atoms with Gasteiger partial charge in [-0.15, -0.1) is 0 Å². The predicted molar refractivity (Wildman–Crippen MR) is 60.8 cm³/mol. The van der Waals surface area contributed by atoms with E-state index < -0.39 is 11.7 Å². The highest BCUT2D eigenvalue weighted by molar-refractivity contribution is 14.1. The van der Waals surface area contributed by atoms with Gasteiger partial charge in [-0.1, -0.05) is 0 Å². The molecule has 0 spiro atoms. The summed E-state index contributed by atoms with van der Waals surface area (Å²) in [5, 5.41) is 0. The summed E-state index contributed by atoms with van der Waals surface area (Å²) in [5.74, 6) is -1.31. The van der Waals surface area contributed by atoms with Crippen molar-refractivity contribution in [2.75, 3.05) is 13.2 Å². The molecule has 2 heterocycles. The monoisotopic (exact) mass is 323 g/mol. The summed E-state index contributed by atoms with van der Waals surface area (Å²) < 4.78 is 24.9. The first kappa shape index (κ1) is 11.2. The maximum Gasteiger partial charge on any atom is 0.226 e. The maximum absolute atomic E-state index is 13.3. The molecule has 0 atom stereocenters. The molecule has 1 saturated heterocycles. The highest BCUT2D eigenvalue weighted by Gasteiger charge is 2.34. The Labute approximate surface area is 101 Å². The largest absolute Gasteiger partial charge is 0.346 e. The first-order chi connectivity index (χ1) is 7.13. The highest BCUT2D eigenvalue weighted by atomic mass is 127. The van der Waals surface area contributed by atoms with E-state index in [1.807, 2.05) is 29.5 Å². The van der Waals surface area contributed by atoms with Gasteiger partial charge >= 0.3 is 0 Å². The SMILES string of the molecule is CC1(c2ccnc(F)c2I)OCCCO1. The zero-order valence-corrected chi connectivity index (χ0v) is 10.5. The van der Waals surface area contributed by atoms with Crippen molar-refractivity contribution in [3.05, 3.63) is 27.3 Å². The molecule has 0 aliphatic carbocycles. The van der Waals surface area contributed by atoms with Gasteiger partial charge in [-0.05, 0) is 42.0 Å². The second-order valence-corrected chi connectivity index (χ2v) is 4.54. The summed E-state index contributed by atoms with van der Waals surface area (Å²) in [6.45, 7) is 3.08. The zero-order valence-electron chi connectivity index (χ0n) is 8.30. The van der Waals surface area contributed by atoms with Crippen LogP contribution in [0.3, 0.4) is 0 Å². The van der Waals surface area contributed by atoms with Crippen LogP contribution in [0.15, 0.2) is 12.3 Å². The van der Waals surface area contributed by atoms with Crippen molar-refractivity contribution in [2.45, 2.75) is 19.1 Å². The van der Waals surface area contributed by atoms with E-state index in [9.17, 15) is 4.39 Å². The molecule has 0 unspecified atom stereocenters. The van der Waals surface area contributed by atoms with Crippen LogP contribution in [0.1, 0.15) is 18.9 Å². The van der Waals surface area contributed by atoms with Gasteiger partial charge in [0.1, 0.15) is 0 Å². The van der Waals surface area contributed by atoms with E-state index in [1.54, 1.807) is 6.07 Å². The van der Waals surface area contributed by atoms with E-state index in [2.05, 4.69) is 4.98 Å². The van der Waals surface area contributed by atoms with Crippen LogP contribution in [-0.2, 0) is 15.3 Å². The number of nitrogens with zero attached hydrogens (tertiary/aromatic N) is 1. The van der Waals surface area contributed by atoms with Crippen LogP contribution in [0.25, 0.3) is 0 Å². The molecule has 82 valence electrons. The Kier molecular flexibility index (Phi) is 3.22. The van der Waals surface area contributed by atoms with Gasteiger partial charge in [0.25, 0.3) is 0 Å². The van der Waals surface area contributed by atoms with Gasteiger partial charge in [0.05, 0.1) is 16.8 Å². The molecule has 0 aromatic carbocycles. The first-order valence-corrected chi connectivity index (χ1v) is 5.80. The second-order valence-electron chi connectivity index (χ2n) is 3.46. The second kappa shape index (κ2) is 4.31. The summed E-state index contributed by atoms with van der Waals surface area (Å²) in [5.41, 5.74) is 0.704. The van der Waals surface area contributed by atoms with Crippen LogP contribution in [-0.4, -0.2) is 18.2 Å². The van der Waals surface area contributed by atoms with Crippen molar-refractivity contribution in [2.24, 2.45) is 0 Å². The van der Waals surface area contributed by atoms with E-state index in [-0.39, 0.29) is 0 Å². The molecule has 2 rings (SSSR count). The number of aromatic nitrogens is 1. The summed E-state index contributed by atoms with van der Waals surface area (Å²) in [6, 6.07) is 1.73. The lowest BCUT2D eigenvalue weighted by Crippen LogP contribution is -2.36. The van der Waals surface area contributed by atoms with Crippen LogP contribution >= 0.6 is 22.6 Å². The molecular weight excluding hydrogens is 312 g/mol. The quantitative estimate of drug-likeness (QED) is 0.588. The molecule has 1 aliphatic heterocycles. The van der Waals surface area contributed by atoms with Gasteiger partial charge in [0, 0.05) is 11.8 Å². The van der Waals surface area contributed by atoms with Crippen molar-refractivity contribution in [3.63, 3.8) is 0 Å². The lowest BCUT2D eigenvalue weighted by molar-refractivity contribution is -0.265. The molecule has 1 aliphatic rings. The van der Waals surface area contributed by atoms with Crippen LogP contribution in [0.4, 0.5) is 4.39 Å². The summed E-state index contributed by atoms with van der Waals surface area (Å²) in [4.78, 5) is 3.58. The Hall–Kier alpha value is -0.270. The Morgan fingerprint density at radius 3 is 2.80 bits per heavy atom. The van der Waals surface area contributed by atoms with Crippen LogP contribution in [0.2, 0.25) is 0 Å². The zero-order chi connectivity index (χ0) is 10.9. The predicted octanol–water partition coefficient (Wildman–Crippen LogP) is 2.43. The number of hydrogen-bond donors (Lipinski definition) is 0. The molecule has 0 saturated carbocycles. The van der Waals surface area contributed by atoms with Crippen molar-refractivity contribution < 1.29 is 13.9 Å².